The van der Waals surface area contributed by atoms with Crippen LogP contribution >= 0.6 is 0 Å². The van der Waals surface area contributed by atoms with Gasteiger partial charge in [-0.05, 0) is 0 Å². The maximum Gasteiger partial charge on any atom is 0.359 e. The van der Waals surface area contributed by atoms with Crippen LogP contribution in [0.1, 0.15) is 21.0 Å². The lowest BCUT2D eigenvalue weighted by molar-refractivity contribution is -0.138. The number of rotatable bonds is 4. The van der Waals surface area contributed by atoms with Crippen molar-refractivity contribution >= 4 is 17.9 Å². The highest BCUT2D eigenvalue weighted by atomic mass is 16.4. The zero-order valence-corrected chi connectivity index (χ0v) is 7.12. The molecule has 0 aromatic carbocycles. The van der Waals surface area contributed by atoms with Gasteiger partial charge in [-0.1, -0.05) is 0 Å². The fraction of sp³-hybridized carbons (Fsp3) is 0.167. The number of carboxylic acids is 3. The Morgan fingerprint density at radius 3 is 1.67 bits per heavy atom. The number of carbonyl (C=O) groups is 3. The van der Waals surface area contributed by atoms with Crippen molar-refractivity contribution in [3.63, 3.8) is 0 Å². The quantitative estimate of drug-likeness (QED) is 0.565. The number of aromatic carboxylic acids is 2. The molecule has 80 valence electrons. The lowest BCUT2D eigenvalue weighted by atomic mass is 10.3. The Morgan fingerprint density at radius 2 is 1.40 bits per heavy atom. The SMILES string of the molecule is O=C(O)Cn1nc(C(=O)O)c(C(=O)O)n1. The van der Waals surface area contributed by atoms with Crippen LogP contribution in [0.5, 0.6) is 0 Å². The highest BCUT2D eigenvalue weighted by Gasteiger charge is 2.23. The second-order valence-electron chi connectivity index (χ2n) is 2.43. The van der Waals surface area contributed by atoms with E-state index in [0.717, 1.165) is 0 Å². The zero-order chi connectivity index (χ0) is 11.6. The Kier molecular flexibility index (Phi) is 2.65. The zero-order valence-electron chi connectivity index (χ0n) is 7.12. The lowest BCUT2D eigenvalue weighted by Crippen LogP contribution is -2.12. The normalized spacial score (nSPS) is 9.87. The molecule has 1 aromatic heterocycles. The molecule has 9 heteroatoms. The second kappa shape index (κ2) is 3.74. The molecule has 0 aliphatic rings. The molecule has 1 aromatic rings. The number of carboxylic acid groups (broad SMARTS) is 3. The predicted octanol–water partition coefficient (Wildman–Crippen LogP) is -1.24. The summed E-state index contributed by atoms with van der Waals surface area (Å²) in [6.45, 7) is -0.701. The summed E-state index contributed by atoms with van der Waals surface area (Å²) >= 11 is 0. The minimum absolute atomic E-state index is 0.495. The third-order valence-electron chi connectivity index (χ3n) is 1.34. The predicted molar refractivity (Wildman–Crippen MR) is 41.6 cm³/mol. The molecule has 0 radical (unpaired) electrons. The summed E-state index contributed by atoms with van der Waals surface area (Å²) in [4.78, 5) is 31.7. The van der Waals surface area contributed by atoms with Crippen LogP contribution in [0.25, 0.3) is 0 Å². The van der Waals surface area contributed by atoms with E-state index in [-0.39, 0.29) is 0 Å². The van der Waals surface area contributed by atoms with E-state index < -0.39 is 35.8 Å². The molecule has 0 spiro atoms. The lowest BCUT2D eigenvalue weighted by Gasteiger charge is -1.90. The number of aliphatic carboxylic acids is 1. The van der Waals surface area contributed by atoms with Crippen molar-refractivity contribution in [2.75, 3.05) is 0 Å². The van der Waals surface area contributed by atoms with E-state index in [2.05, 4.69) is 10.2 Å². The maximum absolute atomic E-state index is 10.5. The van der Waals surface area contributed by atoms with Crippen molar-refractivity contribution in [2.24, 2.45) is 0 Å². The van der Waals surface area contributed by atoms with Gasteiger partial charge in [0.1, 0.15) is 0 Å². The minimum Gasteiger partial charge on any atom is -0.480 e. The van der Waals surface area contributed by atoms with Gasteiger partial charge in [-0.15, -0.1) is 10.2 Å². The molecule has 15 heavy (non-hydrogen) atoms. The highest BCUT2D eigenvalue weighted by Crippen LogP contribution is 2.02. The average Bonchev–Trinajstić information content (AvgIpc) is 2.46. The molecule has 0 fully saturated rings. The van der Waals surface area contributed by atoms with E-state index in [9.17, 15) is 14.4 Å². The molecule has 0 aliphatic carbocycles. The number of hydrogen-bond acceptors (Lipinski definition) is 5. The van der Waals surface area contributed by atoms with E-state index in [4.69, 9.17) is 15.3 Å². The summed E-state index contributed by atoms with van der Waals surface area (Å²) in [6, 6.07) is 0. The summed E-state index contributed by atoms with van der Waals surface area (Å²) in [5.74, 6) is -4.47. The maximum atomic E-state index is 10.5. The van der Waals surface area contributed by atoms with Gasteiger partial charge >= 0.3 is 17.9 Å². The van der Waals surface area contributed by atoms with Crippen molar-refractivity contribution in [2.45, 2.75) is 6.54 Å². The first-order valence-electron chi connectivity index (χ1n) is 3.55. The van der Waals surface area contributed by atoms with Crippen LogP contribution < -0.4 is 0 Å². The van der Waals surface area contributed by atoms with Gasteiger partial charge in [0.05, 0.1) is 0 Å². The van der Waals surface area contributed by atoms with Gasteiger partial charge < -0.3 is 15.3 Å². The summed E-state index contributed by atoms with van der Waals surface area (Å²) in [7, 11) is 0. The van der Waals surface area contributed by atoms with E-state index in [1.165, 1.54) is 0 Å². The van der Waals surface area contributed by atoms with Gasteiger partial charge in [-0.25, -0.2) is 9.59 Å². The van der Waals surface area contributed by atoms with Crippen LogP contribution in [0, 0.1) is 0 Å². The first-order valence-corrected chi connectivity index (χ1v) is 3.55. The average molecular weight is 215 g/mol. The topological polar surface area (TPSA) is 143 Å². The monoisotopic (exact) mass is 215 g/mol. The Morgan fingerprint density at radius 1 is 1.00 bits per heavy atom. The van der Waals surface area contributed by atoms with Crippen molar-refractivity contribution in [1.29, 1.82) is 0 Å². The van der Waals surface area contributed by atoms with Crippen LogP contribution in [0.3, 0.4) is 0 Å². The highest BCUT2D eigenvalue weighted by molar-refractivity contribution is 5.98. The van der Waals surface area contributed by atoms with Crippen molar-refractivity contribution < 1.29 is 29.7 Å². The molecular weight excluding hydrogens is 210 g/mol. The Hall–Kier alpha value is -2.45. The molecule has 0 aliphatic heterocycles. The van der Waals surface area contributed by atoms with Crippen molar-refractivity contribution in [1.82, 2.24) is 15.0 Å². The number of nitrogens with zero attached hydrogens (tertiary/aromatic N) is 3. The minimum atomic E-state index is -1.58. The smallest absolute Gasteiger partial charge is 0.359 e. The summed E-state index contributed by atoms with van der Waals surface area (Å²) in [5, 5.41) is 31.9. The first kappa shape index (κ1) is 10.6. The standard InChI is InChI=1S/C6H5N3O6/c10-2(11)1-9-7-3(5(12)13)4(8-9)6(14)15/h1H2,(H,10,11)(H,12,13)(H,14,15). The molecule has 0 atom stereocenters. The molecule has 0 bridgehead atoms. The Bertz CT molecular complexity index is 405. The Balaban J connectivity index is 3.15. The van der Waals surface area contributed by atoms with Gasteiger partial charge in [0.25, 0.3) is 0 Å². The van der Waals surface area contributed by atoms with E-state index in [0.29, 0.717) is 4.80 Å². The van der Waals surface area contributed by atoms with Crippen molar-refractivity contribution in [3.8, 4) is 0 Å². The fourth-order valence-electron chi connectivity index (χ4n) is 0.828. The first-order chi connectivity index (χ1) is 6.91. The summed E-state index contributed by atoms with van der Waals surface area (Å²) in [5.41, 5.74) is -1.58. The molecule has 0 saturated carbocycles. The van der Waals surface area contributed by atoms with Gasteiger partial charge in [0, 0.05) is 0 Å². The van der Waals surface area contributed by atoms with Gasteiger partial charge in [-0.3, -0.25) is 4.79 Å². The third kappa shape index (κ3) is 2.27. The van der Waals surface area contributed by atoms with Gasteiger partial charge in [0.15, 0.2) is 6.54 Å². The molecular formula is C6H5N3O6. The summed E-state index contributed by atoms with van der Waals surface area (Å²) in [6.07, 6.45) is 0. The van der Waals surface area contributed by atoms with Crippen molar-refractivity contribution in [3.05, 3.63) is 11.4 Å². The molecule has 1 rings (SSSR count). The number of aromatic nitrogens is 3. The van der Waals surface area contributed by atoms with E-state index in [1.807, 2.05) is 0 Å². The summed E-state index contributed by atoms with van der Waals surface area (Å²) < 4.78 is 0. The van der Waals surface area contributed by atoms with Crippen LogP contribution in [0.2, 0.25) is 0 Å². The van der Waals surface area contributed by atoms with Gasteiger partial charge in [0.2, 0.25) is 11.4 Å². The molecule has 3 N–H and O–H groups in total. The molecule has 0 amide bonds. The van der Waals surface area contributed by atoms with Crippen LogP contribution in [0.4, 0.5) is 0 Å². The van der Waals surface area contributed by atoms with Crippen LogP contribution in [0.15, 0.2) is 0 Å². The third-order valence-corrected chi connectivity index (χ3v) is 1.34. The largest absolute Gasteiger partial charge is 0.480 e. The fourth-order valence-corrected chi connectivity index (χ4v) is 0.828. The van der Waals surface area contributed by atoms with E-state index >= 15 is 0 Å². The van der Waals surface area contributed by atoms with Crippen LogP contribution in [-0.4, -0.2) is 48.2 Å². The van der Waals surface area contributed by atoms with Crippen LogP contribution in [-0.2, 0) is 11.3 Å². The number of hydrogen-bond donors (Lipinski definition) is 3. The second-order valence-corrected chi connectivity index (χ2v) is 2.43. The van der Waals surface area contributed by atoms with E-state index in [1.54, 1.807) is 0 Å². The molecule has 0 saturated heterocycles. The Labute approximate surface area is 81.6 Å². The molecule has 0 unspecified atom stereocenters. The molecule has 9 nitrogen and oxygen atoms in total. The van der Waals surface area contributed by atoms with Gasteiger partial charge in [-0.2, -0.15) is 4.80 Å². The molecule has 1 heterocycles.